The molecular formula is C13H19N3O4. The Morgan fingerprint density at radius 3 is 2.95 bits per heavy atom. The molecule has 7 nitrogen and oxygen atoms in total. The van der Waals surface area contributed by atoms with Gasteiger partial charge in [-0.15, -0.1) is 0 Å². The van der Waals surface area contributed by atoms with Crippen molar-refractivity contribution in [1.29, 1.82) is 0 Å². The molecule has 0 radical (unpaired) electrons. The van der Waals surface area contributed by atoms with Crippen LogP contribution in [0, 0.1) is 0 Å². The van der Waals surface area contributed by atoms with Gasteiger partial charge in [0.1, 0.15) is 5.69 Å². The molecule has 1 unspecified atom stereocenters. The largest absolute Gasteiger partial charge is 0.481 e. The number of hydrogen-bond acceptors (Lipinski definition) is 4. The van der Waals surface area contributed by atoms with E-state index >= 15 is 0 Å². The first-order chi connectivity index (χ1) is 9.47. The predicted octanol–water partition coefficient (Wildman–Crippen LogP) is 0.849. The summed E-state index contributed by atoms with van der Waals surface area (Å²) < 4.78 is 5.35. The molecule has 1 aromatic rings. The van der Waals surface area contributed by atoms with Crippen molar-refractivity contribution in [3.05, 3.63) is 17.5 Å². The number of hydrogen-bond donors (Lipinski definition) is 2. The lowest BCUT2D eigenvalue weighted by Crippen LogP contribution is -2.46. The van der Waals surface area contributed by atoms with Crippen molar-refractivity contribution in [3.63, 3.8) is 0 Å². The van der Waals surface area contributed by atoms with Crippen molar-refractivity contribution in [2.45, 2.75) is 32.3 Å². The summed E-state index contributed by atoms with van der Waals surface area (Å²) in [5.74, 6) is -0.841. The molecule has 1 atom stereocenters. The Bertz CT molecular complexity index is 498. The van der Waals surface area contributed by atoms with Crippen molar-refractivity contribution in [3.8, 4) is 0 Å². The third-order valence-corrected chi connectivity index (χ3v) is 3.27. The number of rotatable bonds is 4. The maximum absolute atomic E-state index is 12.3. The zero-order valence-corrected chi connectivity index (χ0v) is 11.6. The van der Waals surface area contributed by atoms with Crippen molar-refractivity contribution < 1.29 is 19.4 Å². The quantitative estimate of drug-likeness (QED) is 0.853. The van der Waals surface area contributed by atoms with E-state index in [2.05, 4.69) is 10.2 Å². The van der Waals surface area contributed by atoms with Crippen molar-refractivity contribution in [1.82, 2.24) is 15.1 Å². The molecular weight excluding hydrogens is 262 g/mol. The fourth-order valence-electron chi connectivity index (χ4n) is 2.13. The second kappa shape index (κ2) is 6.04. The van der Waals surface area contributed by atoms with Gasteiger partial charge in [-0.2, -0.15) is 5.10 Å². The minimum atomic E-state index is -0.925. The SMILES string of the molecule is CC(C)c1cc(C(=O)N2CCOC(CC(=O)O)C2)n[nH]1. The standard InChI is InChI=1S/C13H19N3O4/c1-8(2)10-6-11(15-14-10)13(19)16-3-4-20-9(7-16)5-12(17)18/h6,8-9H,3-5,7H2,1-2H3,(H,14,15)(H,17,18). The Labute approximate surface area is 116 Å². The van der Waals surface area contributed by atoms with Gasteiger partial charge in [-0.05, 0) is 12.0 Å². The van der Waals surface area contributed by atoms with Crippen molar-refractivity contribution in [2.24, 2.45) is 0 Å². The molecule has 0 aliphatic carbocycles. The predicted molar refractivity (Wildman–Crippen MR) is 70.6 cm³/mol. The zero-order valence-electron chi connectivity index (χ0n) is 11.6. The summed E-state index contributed by atoms with van der Waals surface area (Å²) in [7, 11) is 0. The van der Waals surface area contributed by atoms with E-state index in [1.807, 2.05) is 13.8 Å². The van der Waals surface area contributed by atoms with E-state index in [-0.39, 0.29) is 24.8 Å². The van der Waals surface area contributed by atoms with Crippen molar-refractivity contribution >= 4 is 11.9 Å². The van der Waals surface area contributed by atoms with Crippen LogP contribution < -0.4 is 0 Å². The molecule has 2 heterocycles. The van der Waals surface area contributed by atoms with Gasteiger partial charge in [0.2, 0.25) is 0 Å². The summed E-state index contributed by atoms with van der Waals surface area (Å²) in [5.41, 5.74) is 1.27. The number of nitrogens with one attached hydrogen (secondary N) is 1. The molecule has 20 heavy (non-hydrogen) atoms. The molecule has 0 spiro atoms. The van der Waals surface area contributed by atoms with Gasteiger partial charge in [-0.25, -0.2) is 0 Å². The number of nitrogens with zero attached hydrogens (tertiary/aromatic N) is 2. The van der Waals surface area contributed by atoms with E-state index < -0.39 is 12.1 Å². The van der Waals surface area contributed by atoms with E-state index in [1.54, 1.807) is 11.0 Å². The average Bonchev–Trinajstić information content (AvgIpc) is 2.87. The highest BCUT2D eigenvalue weighted by molar-refractivity contribution is 5.92. The van der Waals surface area contributed by atoms with Gasteiger partial charge in [0, 0.05) is 18.8 Å². The van der Waals surface area contributed by atoms with E-state index in [1.165, 1.54) is 0 Å². The highest BCUT2D eigenvalue weighted by Gasteiger charge is 2.27. The van der Waals surface area contributed by atoms with Crippen LogP contribution in [0.1, 0.15) is 42.4 Å². The Morgan fingerprint density at radius 1 is 1.60 bits per heavy atom. The highest BCUT2D eigenvalue weighted by Crippen LogP contribution is 2.15. The molecule has 1 amide bonds. The first-order valence-electron chi connectivity index (χ1n) is 6.65. The summed E-state index contributed by atoms with van der Waals surface area (Å²) in [4.78, 5) is 24.6. The second-order valence-electron chi connectivity index (χ2n) is 5.21. The van der Waals surface area contributed by atoms with E-state index in [9.17, 15) is 9.59 Å². The Hall–Kier alpha value is -1.89. The Kier molecular flexibility index (Phi) is 4.39. The molecule has 2 N–H and O–H groups in total. The lowest BCUT2D eigenvalue weighted by molar-refractivity contribution is -0.141. The number of carboxylic acid groups (broad SMARTS) is 1. The third-order valence-electron chi connectivity index (χ3n) is 3.27. The number of aromatic nitrogens is 2. The molecule has 7 heteroatoms. The second-order valence-corrected chi connectivity index (χ2v) is 5.21. The van der Waals surface area contributed by atoms with Crippen LogP contribution in [0.25, 0.3) is 0 Å². The number of ether oxygens (including phenoxy) is 1. The zero-order chi connectivity index (χ0) is 14.7. The number of aliphatic carboxylic acids is 1. The summed E-state index contributed by atoms with van der Waals surface area (Å²) in [6.07, 6.45) is -0.546. The van der Waals surface area contributed by atoms with Gasteiger partial charge >= 0.3 is 5.97 Å². The monoisotopic (exact) mass is 281 g/mol. The molecule has 1 saturated heterocycles. The van der Waals surface area contributed by atoms with E-state index in [0.29, 0.717) is 18.8 Å². The summed E-state index contributed by atoms with van der Waals surface area (Å²) in [5, 5.41) is 15.6. The molecule has 1 aromatic heterocycles. The van der Waals surface area contributed by atoms with E-state index in [4.69, 9.17) is 9.84 Å². The molecule has 2 rings (SSSR count). The van der Waals surface area contributed by atoms with Gasteiger partial charge in [-0.1, -0.05) is 13.8 Å². The van der Waals surface area contributed by atoms with Gasteiger partial charge in [0.25, 0.3) is 5.91 Å². The molecule has 1 aliphatic rings. The first kappa shape index (κ1) is 14.5. The van der Waals surface area contributed by atoms with Crippen LogP contribution in [0.5, 0.6) is 0 Å². The number of morpholine rings is 1. The fraction of sp³-hybridized carbons (Fsp3) is 0.615. The number of H-pyrrole nitrogens is 1. The van der Waals surface area contributed by atoms with Crippen LogP contribution >= 0.6 is 0 Å². The van der Waals surface area contributed by atoms with Crippen LogP contribution in [0.15, 0.2) is 6.07 Å². The molecule has 1 aliphatic heterocycles. The highest BCUT2D eigenvalue weighted by atomic mass is 16.5. The first-order valence-corrected chi connectivity index (χ1v) is 6.65. The molecule has 0 saturated carbocycles. The van der Waals surface area contributed by atoms with Gasteiger partial charge in [-0.3, -0.25) is 14.7 Å². The number of carbonyl (C=O) groups is 2. The summed E-state index contributed by atoms with van der Waals surface area (Å²) in [6, 6.07) is 1.74. The number of carbonyl (C=O) groups excluding carboxylic acids is 1. The Balaban J connectivity index is 2.02. The molecule has 0 aromatic carbocycles. The summed E-state index contributed by atoms with van der Waals surface area (Å²) >= 11 is 0. The molecule has 110 valence electrons. The molecule has 0 bridgehead atoms. The lowest BCUT2D eigenvalue weighted by Gasteiger charge is -2.31. The van der Waals surface area contributed by atoms with Crippen LogP contribution in [0.4, 0.5) is 0 Å². The van der Waals surface area contributed by atoms with E-state index in [0.717, 1.165) is 5.69 Å². The Morgan fingerprint density at radius 2 is 2.35 bits per heavy atom. The lowest BCUT2D eigenvalue weighted by atomic mass is 10.1. The molecule has 1 fully saturated rings. The number of carboxylic acids is 1. The van der Waals surface area contributed by atoms with Gasteiger partial charge in [0.05, 0.1) is 19.1 Å². The minimum Gasteiger partial charge on any atom is -0.481 e. The topological polar surface area (TPSA) is 95.5 Å². The maximum Gasteiger partial charge on any atom is 0.306 e. The van der Waals surface area contributed by atoms with Crippen molar-refractivity contribution in [2.75, 3.05) is 19.7 Å². The van der Waals surface area contributed by atoms with Crippen LogP contribution in [0.3, 0.4) is 0 Å². The normalized spacial score (nSPS) is 19.4. The number of amides is 1. The van der Waals surface area contributed by atoms with Gasteiger partial charge in [0.15, 0.2) is 0 Å². The number of aromatic amines is 1. The third kappa shape index (κ3) is 3.36. The van der Waals surface area contributed by atoms with Crippen LogP contribution in [-0.4, -0.2) is 57.9 Å². The maximum atomic E-state index is 12.3. The average molecular weight is 281 g/mol. The van der Waals surface area contributed by atoms with Crippen LogP contribution in [-0.2, 0) is 9.53 Å². The minimum absolute atomic E-state index is 0.0956. The summed E-state index contributed by atoms with van der Waals surface area (Å²) in [6.45, 7) is 5.12. The van der Waals surface area contributed by atoms with Crippen LogP contribution in [0.2, 0.25) is 0 Å². The smallest absolute Gasteiger partial charge is 0.306 e. The fourth-order valence-corrected chi connectivity index (χ4v) is 2.13. The van der Waals surface area contributed by atoms with Gasteiger partial charge < -0.3 is 14.7 Å².